The van der Waals surface area contributed by atoms with Crippen LogP contribution < -0.4 is 0 Å². The Morgan fingerprint density at radius 2 is 2.00 bits per heavy atom. The van der Waals surface area contributed by atoms with Crippen molar-refractivity contribution in [3.63, 3.8) is 0 Å². The minimum atomic E-state index is -0.943. The molecule has 0 fully saturated rings. The Balaban J connectivity index is 2.30. The number of rotatable bonds is 3. The lowest BCUT2D eigenvalue weighted by atomic mass is 10.1. The zero-order chi connectivity index (χ0) is 11.5. The van der Waals surface area contributed by atoms with Gasteiger partial charge in [-0.25, -0.2) is 9.78 Å². The Hall–Kier alpha value is -1.72. The number of aromatic nitrogens is 1. The standard InChI is InChI=1S/C11H9NO3S/c13-5-9-6-16-10(12-9)7-1-3-8(4-2-7)11(14)15/h1-4,6,13H,5H2,(H,14,15). The summed E-state index contributed by atoms with van der Waals surface area (Å²) < 4.78 is 0. The van der Waals surface area contributed by atoms with Crippen molar-refractivity contribution in [2.75, 3.05) is 0 Å². The first kappa shape index (κ1) is 10.8. The molecule has 2 rings (SSSR count). The molecule has 1 aromatic heterocycles. The number of hydrogen-bond acceptors (Lipinski definition) is 4. The number of aliphatic hydroxyl groups is 1. The van der Waals surface area contributed by atoms with E-state index in [4.69, 9.17) is 10.2 Å². The molecule has 0 aliphatic heterocycles. The van der Waals surface area contributed by atoms with Crippen LogP contribution in [0.3, 0.4) is 0 Å². The maximum atomic E-state index is 10.7. The van der Waals surface area contributed by atoms with E-state index in [2.05, 4.69) is 4.98 Å². The number of aliphatic hydroxyl groups excluding tert-OH is 1. The van der Waals surface area contributed by atoms with Crippen LogP contribution >= 0.6 is 11.3 Å². The van der Waals surface area contributed by atoms with Crippen LogP contribution in [0.25, 0.3) is 10.6 Å². The third-order valence-corrected chi connectivity index (χ3v) is 3.03. The van der Waals surface area contributed by atoms with Gasteiger partial charge in [0.25, 0.3) is 0 Å². The van der Waals surface area contributed by atoms with Crippen LogP contribution in [0.4, 0.5) is 0 Å². The van der Waals surface area contributed by atoms with Crippen molar-refractivity contribution in [1.29, 1.82) is 0 Å². The number of hydrogen-bond donors (Lipinski definition) is 2. The van der Waals surface area contributed by atoms with E-state index in [0.717, 1.165) is 10.6 Å². The largest absolute Gasteiger partial charge is 0.478 e. The number of nitrogens with zero attached hydrogens (tertiary/aromatic N) is 1. The monoisotopic (exact) mass is 235 g/mol. The molecule has 16 heavy (non-hydrogen) atoms. The first-order valence-electron chi connectivity index (χ1n) is 4.59. The molecule has 0 radical (unpaired) electrons. The van der Waals surface area contributed by atoms with Crippen molar-refractivity contribution in [1.82, 2.24) is 4.98 Å². The maximum Gasteiger partial charge on any atom is 0.335 e. The van der Waals surface area contributed by atoms with Gasteiger partial charge in [-0.15, -0.1) is 11.3 Å². The van der Waals surface area contributed by atoms with Gasteiger partial charge in [0.15, 0.2) is 0 Å². The molecule has 82 valence electrons. The summed E-state index contributed by atoms with van der Waals surface area (Å²) in [5.41, 5.74) is 1.74. The Morgan fingerprint density at radius 3 is 2.50 bits per heavy atom. The molecule has 0 atom stereocenters. The van der Waals surface area contributed by atoms with Crippen LogP contribution in [0.5, 0.6) is 0 Å². The molecular weight excluding hydrogens is 226 g/mol. The molecule has 0 unspecified atom stereocenters. The molecule has 1 aromatic carbocycles. The lowest BCUT2D eigenvalue weighted by Gasteiger charge is -1.97. The molecule has 0 saturated carbocycles. The highest BCUT2D eigenvalue weighted by Gasteiger charge is 2.06. The summed E-state index contributed by atoms with van der Waals surface area (Å²) in [6.07, 6.45) is 0. The van der Waals surface area contributed by atoms with Gasteiger partial charge in [0, 0.05) is 10.9 Å². The molecule has 1 heterocycles. The fourth-order valence-corrected chi connectivity index (χ4v) is 2.08. The van der Waals surface area contributed by atoms with Crippen LogP contribution in [-0.4, -0.2) is 21.2 Å². The normalized spacial score (nSPS) is 10.3. The molecule has 5 heteroatoms. The number of carboxylic acids is 1. The summed E-state index contributed by atoms with van der Waals surface area (Å²) in [7, 11) is 0. The maximum absolute atomic E-state index is 10.7. The molecule has 0 aliphatic carbocycles. The fraction of sp³-hybridized carbons (Fsp3) is 0.0909. The third-order valence-electron chi connectivity index (χ3n) is 2.09. The van der Waals surface area contributed by atoms with Crippen LogP contribution in [-0.2, 0) is 6.61 Å². The van der Waals surface area contributed by atoms with Crippen LogP contribution in [0.1, 0.15) is 16.1 Å². The van der Waals surface area contributed by atoms with Gasteiger partial charge in [-0.05, 0) is 12.1 Å². The highest BCUT2D eigenvalue weighted by atomic mass is 32.1. The molecule has 0 saturated heterocycles. The van der Waals surface area contributed by atoms with Gasteiger partial charge in [-0.1, -0.05) is 12.1 Å². The Kier molecular flexibility index (Phi) is 2.98. The summed E-state index contributed by atoms with van der Waals surface area (Å²) in [5, 5.41) is 20.2. The van der Waals surface area contributed by atoms with E-state index in [9.17, 15) is 4.79 Å². The second-order valence-electron chi connectivity index (χ2n) is 3.18. The first-order chi connectivity index (χ1) is 7.70. The SMILES string of the molecule is O=C(O)c1ccc(-c2nc(CO)cs2)cc1. The number of carboxylic acid groups (broad SMARTS) is 1. The van der Waals surface area contributed by atoms with E-state index in [1.807, 2.05) is 0 Å². The van der Waals surface area contributed by atoms with Crippen molar-refractivity contribution >= 4 is 17.3 Å². The van der Waals surface area contributed by atoms with Gasteiger partial charge in [-0.3, -0.25) is 0 Å². The molecular formula is C11H9NO3S. The molecule has 0 aliphatic rings. The van der Waals surface area contributed by atoms with E-state index < -0.39 is 5.97 Å². The lowest BCUT2D eigenvalue weighted by molar-refractivity contribution is 0.0697. The second kappa shape index (κ2) is 4.42. The quantitative estimate of drug-likeness (QED) is 0.853. The summed E-state index contributed by atoms with van der Waals surface area (Å²) in [4.78, 5) is 14.8. The zero-order valence-corrected chi connectivity index (χ0v) is 9.07. The average Bonchev–Trinajstić information content (AvgIpc) is 2.77. The lowest BCUT2D eigenvalue weighted by Crippen LogP contribution is -1.94. The van der Waals surface area contributed by atoms with Crippen molar-refractivity contribution in [2.24, 2.45) is 0 Å². The van der Waals surface area contributed by atoms with Crippen molar-refractivity contribution < 1.29 is 15.0 Å². The van der Waals surface area contributed by atoms with E-state index in [1.54, 1.807) is 17.5 Å². The average molecular weight is 235 g/mol. The highest BCUT2D eigenvalue weighted by Crippen LogP contribution is 2.23. The summed E-state index contributed by atoms with van der Waals surface area (Å²) in [6.45, 7) is -0.0797. The highest BCUT2D eigenvalue weighted by molar-refractivity contribution is 7.13. The Morgan fingerprint density at radius 1 is 1.31 bits per heavy atom. The van der Waals surface area contributed by atoms with Gasteiger partial charge in [-0.2, -0.15) is 0 Å². The van der Waals surface area contributed by atoms with Gasteiger partial charge in [0.1, 0.15) is 5.01 Å². The van der Waals surface area contributed by atoms with Gasteiger partial charge < -0.3 is 10.2 Å². The predicted octanol–water partition coefficient (Wildman–Crippen LogP) is 2.00. The number of benzene rings is 1. The molecule has 2 aromatic rings. The Bertz CT molecular complexity index is 504. The predicted molar refractivity (Wildman–Crippen MR) is 60.4 cm³/mol. The van der Waals surface area contributed by atoms with Crippen LogP contribution in [0.15, 0.2) is 29.6 Å². The van der Waals surface area contributed by atoms with Gasteiger partial charge >= 0.3 is 5.97 Å². The minimum absolute atomic E-state index is 0.0797. The summed E-state index contributed by atoms with van der Waals surface area (Å²) >= 11 is 1.42. The van der Waals surface area contributed by atoms with Crippen LogP contribution in [0, 0.1) is 0 Å². The van der Waals surface area contributed by atoms with Gasteiger partial charge in [0.05, 0.1) is 17.9 Å². The fourth-order valence-electron chi connectivity index (χ4n) is 1.27. The number of aromatic carboxylic acids is 1. The molecule has 0 bridgehead atoms. The van der Waals surface area contributed by atoms with Crippen molar-refractivity contribution in [2.45, 2.75) is 6.61 Å². The first-order valence-corrected chi connectivity index (χ1v) is 5.47. The van der Waals surface area contributed by atoms with Crippen molar-refractivity contribution in [3.05, 3.63) is 40.9 Å². The smallest absolute Gasteiger partial charge is 0.335 e. The summed E-state index contributed by atoms with van der Waals surface area (Å²) in [5.74, 6) is -0.943. The minimum Gasteiger partial charge on any atom is -0.478 e. The van der Waals surface area contributed by atoms with Crippen LogP contribution in [0.2, 0.25) is 0 Å². The number of carbonyl (C=O) groups is 1. The van der Waals surface area contributed by atoms with Gasteiger partial charge in [0.2, 0.25) is 0 Å². The third kappa shape index (κ3) is 2.10. The van der Waals surface area contributed by atoms with E-state index in [1.165, 1.54) is 23.5 Å². The zero-order valence-electron chi connectivity index (χ0n) is 8.25. The molecule has 4 nitrogen and oxygen atoms in total. The van der Waals surface area contributed by atoms with Crippen molar-refractivity contribution in [3.8, 4) is 10.6 Å². The molecule has 0 spiro atoms. The molecule has 0 amide bonds. The second-order valence-corrected chi connectivity index (χ2v) is 4.04. The molecule has 2 N–H and O–H groups in total. The van der Waals surface area contributed by atoms with E-state index in [-0.39, 0.29) is 12.2 Å². The van der Waals surface area contributed by atoms with E-state index >= 15 is 0 Å². The summed E-state index contributed by atoms with van der Waals surface area (Å²) in [6, 6.07) is 6.50. The topological polar surface area (TPSA) is 70.4 Å². The Labute approximate surface area is 95.8 Å². The van der Waals surface area contributed by atoms with E-state index in [0.29, 0.717) is 5.69 Å². The number of thiazole rings is 1.